The van der Waals surface area contributed by atoms with Crippen LogP contribution in [0.1, 0.15) is 59.1 Å². The summed E-state index contributed by atoms with van der Waals surface area (Å²) in [5.74, 6) is 0. The van der Waals surface area contributed by atoms with Crippen LogP contribution in [0.4, 0.5) is 0 Å². The van der Waals surface area contributed by atoms with Crippen LogP contribution in [-0.4, -0.2) is 62.2 Å². The minimum atomic E-state index is 0.952. The number of hydrogen-bond acceptors (Lipinski definition) is 6. The topological polar surface area (TPSA) is 54.6 Å². The maximum atomic E-state index is 3.65. The molecule has 0 unspecified atom stereocenters. The number of hydrogen-bond donors (Lipinski definition) is 4. The molecule has 0 radical (unpaired) electrons. The van der Waals surface area contributed by atoms with Crippen LogP contribution < -0.4 is 21.3 Å². The van der Waals surface area contributed by atoms with E-state index in [9.17, 15) is 0 Å². The van der Waals surface area contributed by atoms with Gasteiger partial charge in [0.1, 0.15) is 0 Å². The quantitative estimate of drug-likeness (QED) is 0.368. The summed E-state index contributed by atoms with van der Waals surface area (Å²) < 4.78 is 0. The second-order valence-electron chi connectivity index (χ2n) is 12.1. The Balaban J connectivity index is 1.09. The lowest BCUT2D eigenvalue weighted by molar-refractivity contribution is 0.254. The summed E-state index contributed by atoms with van der Waals surface area (Å²) in [6, 6.07) is 27.4. The molecule has 0 spiro atoms. The third-order valence-electron chi connectivity index (χ3n) is 8.45. The van der Waals surface area contributed by atoms with E-state index in [0.717, 1.165) is 91.6 Å². The zero-order valence-corrected chi connectivity index (χ0v) is 25.6. The van der Waals surface area contributed by atoms with Gasteiger partial charge in [-0.05, 0) is 111 Å². The molecular formula is C36H52N6. The molecule has 0 aliphatic carbocycles. The molecule has 5 rings (SSSR count). The van der Waals surface area contributed by atoms with Crippen molar-refractivity contribution in [2.24, 2.45) is 0 Å². The molecule has 4 N–H and O–H groups in total. The predicted molar refractivity (Wildman–Crippen MR) is 175 cm³/mol. The van der Waals surface area contributed by atoms with Gasteiger partial charge < -0.3 is 21.3 Å². The Hall–Kier alpha value is -2.58. The summed E-state index contributed by atoms with van der Waals surface area (Å²) in [4.78, 5) is 5.28. The Kier molecular flexibility index (Phi) is 12.9. The molecule has 2 aliphatic rings. The van der Waals surface area contributed by atoms with E-state index in [0.29, 0.717) is 0 Å². The first-order valence-electron chi connectivity index (χ1n) is 16.3. The third-order valence-corrected chi connectivity index (χ3v) is 8.45. The monoisotopic (exact) mass is 568 g/mol. The second kappa shape index (κ2) is 17.5. The average Bonchev–Trinajstić information content (AvgIpc) is 3.00. The Morgan fingerprint density at radius 1 is 0.429 bits per heavy atom. The van der Waals surface area contributed by atoms with Crippen molar-refractivity contribution in [3.63, 3.8) is 0 Å². The lowest BCUT2D eigenvalue weighted by Crippen LogP contribution is -2.31. The minimum absolute atomic E-state index is 0.952. The fourth-order valence-corrected chi connectivity index (χ4v) is 6.15. The van der Waals surface area contributed by atoms with Crippen LogP contribution in [0.2, 0.25) is 0 Å². The highest BCUT2D eigenvalue weighted by molar-refractivity contribution is 5.25. The van der Waals surface area contributed by atoms with Crippen LogP contribution in [0.5, 0.6) is 0 Å². The molecule has 0 amide bonds. The number of benzene rings is 3. The lowest BCUT2D eigenvalue weighted by Gasteiger charge is -2.24. The van der Waals surface area contributed by atoms with Crippen molar-refractivity contribution in [2.45, 2.75) is 65.0 Å². The van der Waals surface area contributed by atoms with Crippen LogP contribution in [0.25, 0.3) is 0 Å². The molecule has 6 nitrogen and oxygen atoms in total. The smallest absolute Gasteiger partial charge is 0.0233 e. The van der Waals surface area contributed by atoms with Crippen LogP contribution in [0.3, 0.4) is 0 Å². The first kappa shape index (κ1) is 30.9. The maximum absolute atomic E-state index is 3.65. The molecule has 226 valence electrons. The SMILES string of the molecule is c1cc2cc(c1)CNCCCN(Cc1ccc(CN3CCCNCc4cccc(c4)CNCCC3)cc1)CCCNC2. The van der Waals surface area contributed by atoms with E-state index in [-0.39, 0.29) is 0 Å². The molecule has 42 heavy (non-hydrogen) atoms. The highest BCUT2D eigenvalue weighted by Gasteiger charge is 2.10. The van der Waals surface area contributed by atoms with Crippen molar-refractivity contribution in [3.8, 4) is 0 Å². The zero-order valence-electron chi connectivity index (χ0n) is 25.6. The fraction of sp³-hybridized carbons (Fsp3) is 0.500. The number of fused-ring (bicyclic) bond motifs is 4. The largest absolute Gasteiger partial charge is 0.313 e. The van der Waals surface area contributed by atoms with Gasteiger partial charge in [0.25, 0.3) is 0 Å². The first-order valence-corrected chi connectivity index (χ1v) is 16.3. The third kappa shape index (κ3) is 10.9. The van der Waals surface area contributed by atoms with Gasteiger partial charge in [0.05, 0.1) is 0 Å². The van der Waals surface area contributed by atoms with Gasteiger partial charge in [-0.25, -0.2) is 0 Å². The van der Waals surface area contributed by atoms with E-state index in [2.05, 4.69) is 104 Å². The molecule has 2 heterocycles. The molecule has 2 aliphatic heterocycles. The molecular weight excluding hydrogens is 516 g/mol. The van der Waals surface area contributed by atoms with Gasteiger partial charge in [-0.2, -0.15) is 0 Å². The van der Waals surface area contributed by atoms with Gasteiger partial charge in [0.2, 0.25) is 0 Å². The van der Waals surface area contributed by atoms with Crippen molar-refractivity contribution >= 4 is 0 Å². The highest BCUT2D eigenvalue weighted by atomic mass is 15.1. The van der Waals surface area contributed by atoms with E-state index in [1.807, 2.05) is 0 Å². The van der Waals surface area contributed by atoms with Gasteiger partial charge in [-0.1, -0.05) is 72.8 Å². The summed E-state index contributed by atoms with van der Waals surface area (Å²) in [5, 5.41) is 14.6. The molecule has 4 bridgehead atoms. The number of nitrogens with zero attached hydrogens (tertiary/aromatic N) is 2. The molecule has 0 aromatic heterocycles. The maximum Gasteiger partial charge on any atom is 0.0233 e. The molecule has 3 aromatic rings. The summed E-state index contributed by atoms with van der Waals surface area (Å²) in [7, 11) is 0. The van der Waals surface area contributed by atoms with Gasteiger partial charge >= 0.3 is 0 Å². The van der Waals surface area contributed by atoms with Crippen molar-refractivity contribution in [1.29, 1.82) is 0 Å². The van der Waals surface area contributed by atoms with E-state index >= 15 is 0 Å². The van der Waals surface area contributed by atoms with E-state index in [4.69, 9.17) is 0 Å². The van der Waals surface area contributed by atoms with Crippen LogP contribution in [-0.2, 0) is 39.3 Å². The first-order chi connectivity index (χ1) is 20.8. The van der Waals surface area contributed by atoms with Crippen molar-refractivity contribution in [3.05, 3.63) is 106 Å². The van der Waals surface area contributed by atoms with Gasteiger partial charge in [-0.3, -0.25) is 9.80 Å². The average molecular weight is 569 g/mol. The fourth-order valence-electron chi connectivity index (χ4n) is 6.15. The molecule has 0 saturated heterocycles. The molecule has 0 saturated carbocycles. The molecule has 0 fully saturated rings. The van der Waals surface area contributed by atoms with Gasteiger partial charge in [0.15, 0.2) is 0 Å². The standard InChI is InChI=1S/C36H52N6/c1-7-33-23-34(8-1)26-38-16-4-20-41(19-3-15-37-25-33)29-31-11-13-32(14-12-31)30-42-21-5-17-39-27-35-9-2-10-36(24-35)28-40-18-6-22-42/h1-2,7-14,23-24,37-40H,3-6,15-22,25-30H2. The van der Waals surface area contributed by atoms with E-state index in [1.54, 1.807) is 0 Å². The van der Waals surface area contributed by atoms with Gasteiger partial charge in [-0.15, -0.1) is 0 Å². The van der Waals surface area contributed by atoms with Gasteiger partial charge in [0, 0.05) is 39.3 Å². The van der Waals surface area contributed by atoms with Crippen molar-refractivity contribution < 1.29 is 0 Å². The normalized spacial score (nSPS) is 19.4. The Bertz CT molecular complexity index is 1030. The lowest BCUT2D eigenvalue weighted by atomic mass is 10.1. The van der Waals surface area contributed by atoms with Crippen molar-refractivity contribution in [1.82, 2.24) is 31.1 Å². The second-order valence-corrected chi connectivity index (χ2v) is 12.1. The Labute approximate surface area is 254 Å². The van der Waals surface area contributed by atoms with E-state index in [1.165, 1.54) is 59.1 Å². The molecule has 3 aromatic carbocycles. The number of rotatable bonds is 4. The van der Waals surface area contributed by atoms with Crippen molar-refractivity contribution in [2.75, 3.05) is 52.4 Å². The van der Waals surface area contributed by atoms with Crippen LogP contribution >= 0.6 is 0 Å². The summed E-state index contributed by atoms with van der Waals surface area (Å²) in [5.41, 5.74) is 8.37. The highest BCUT2D eigenvalue weighted by Crippen LogP contribution is 2.13. The summed E-state index contributed by atoms with van der Waals surface area (Å²) >= 11 is 0. The minimum Gasteiger partial charge on any atom is -0.313 e. The Morgan fingerprint density at radius 2 is 0.738 bits per heavy atom. The van der Waals surface area contributed by atoms with E-state index < -0.39 is 0 Å². The van der Waals surface area contributed by atoms with Crippen LogP contribution in [0, 0.1) is 0 Å². The molecule has 6 heteroatoms. The predicted octanol–water partition coefficient (Wildman–Crippen LogP) is 4.64. The number of nitrogens with one attached hydrogen (secondary N) is 4. The zero-order chi connectivity index (χ0) is 28.7. The summed E-state index contributed by atoms with van der Waals surface area (Å²) in [6.07, 6.45) is 4.71. The summed E-state index contributed by atoms with van der Waals surface area (Å²) in [6.45, 7) is 14.6. The van der Waals surface area contributed by atoms with Crippen LogP contribution in [0.15, 0.2) is 72.8 Å². The molecule has 0 atom stereocenters. The Morgan fingerprint density at radius 3 is 1.05 bits per heavy atom.